The Morgan fingerprint density at radius 1 is 1.78 bits per heavy atom. The van der Waals surface area contributed by atoms with Gasteiger partial charge >= 0.3 is 8.25 Å². The largest absolute Gasteiger partial charge is 0.716 e. The van der Waals surface area contributed by atoms with Gasteiger partial charge in [0.1, 0.15) is 0 Å². The molecule has 0 radical (unpaired) electrons. The van der Waals surface area contributed by atoms with Gasteiger partial charge in [-0.15, -0.1) is 10.0 Å². The molecule has 6 heteroatoms. The molecule has 0 amide bonds. The highest BCUT2D eigenvalue weighted by Gasteiger charge is 2.15. The zero-order valence-electron chi connectivity index (χ0n) is 5.16. The van der Waals surface area contributed by atoms with E-state index in [0.29, 0.717) is 13.1 Å². The third-order valence-electron chi connectivity index (χ3n) is 0.535. The SMILES string of the molecule is CO[P+](=O)ONCCN. The number of nitrogens with one attached hydrogen (secondary N) is 1. The Kier molecular flexibility index (Phi) is 6.03. The second-order valence-corrected chi connectivity index (χ2v) is 2.18. The Morgan fingerprint density at radius 2 is 2.44 bits per heavy atom. The number of rotatable bonds is 5. The highest BCUT2D eigenvalue weighted by atomic mass is 31.1. The van der Waals surface area contributed by atoms with Crippen LogP contribution in [-0.4, -0.2) is 20.2 Å². The van der Waals surface area contributed by atoms with Crippen molar-refractivity contribution in [2.75, 3.05) is 20.2 Å². The van der Waals surface area contributed by atoms with Gasteiger partial charge in [-0.1, -0.05) is 0 Å². The molecule has 0 spiro atoms. The molecule has 0 aromatic heterocycles. The van der Waals surface area contributed by atoms with Crippen LogP contribution in [0.5, 0.6) is 0 Å². The molecule has 0 aliphatic heterocycles. The average Bonchev–Trinajstić information content (AvgIpc) is 1.89. The molecule has 0 saturated heterocycles. The zero-order chi connectivity index (χ0) is 7.11. The minimum atomic E-state index is -2.01. The summed E-state index contributed by atoms with van der Waals surface area (Å²) in [5, 5.41) is 0. The van der Waals surface area contributed by atoms with Gasteiger partial charge in [0.2, 0.25) is 0 Å². The van der Waals surface area contributed by atoms with Gasteiger partial charge in [-0.2, -0.15) is 0 Å². The molecule has 0 fully saturated rings. The van der Waals surface area contributed by atoms with Crippen LogP contribution in [0.1, 0.15) is 0 Å². The average molecular weight is 153 g/mol. The summed E-state index contributed by atoms with van der Waals surface area (Å²) in [6.45, 7) is 0.900. The maximum atomic E-state index is 10.3. The Hall–Kier alpha value is -0.0600. The molecular weight excluding hydrogens is 143 g/mol. The molecule has 0 aliphatic rings. The van der Waals surface area contributed by atoms with Crippen LogP contribution in [0.25, 0.3) is 0 Å². The first-order valence-electron chi connectivity index (χ1n) is 2.42. The monoisotopic (exact) mass is 153 g/mol. The summed E-state index contributed by atoms with van der Waals surface area (Å²) in [4.78, 5) is 0. The number of nitrogens with two attached hydrogens (primary N) is 1. The van der Waals surface area contributed by atoms with E-state index in [1.165, 1.54) is 7.11 Å². The van der Waals surface area contributed by atoms with E-state index in [4.69, 9.17) is 5.73 Å². The van der Waals surface area contributed by atoms with Crippen LogP contribution in [-0.2, 0) is 13.7 Å². The normalized spacial score (nSPS) is 11.6. The molecule has 9 heavy (non-hydrogen) atoms. The topological polar surface area (TPSA) is 73.6 Å². The molecule has 0 rings (SSSR count). The van der Waals surface area contributed by atoms with Crippen molar-refractivity contribution in [1.29, 1.82) is 0 Å². The molecule has 0 bridgehead atoms. The lowest BCUT2D eigenvalue weighted by Crippen LogP contribution is -2.20. The fourth-order valence-electron chi connectivity index (χ4n) is 0.195. The summed E-state index contributed by atoms with van der Waals surface area (Å²) in [6.07, 6.45) is 0. The Balaban J connectivity index is 2.97. The maximum Gasteiger partial charge on any atom is 0.716 e. The fraction of sp³-hybridized carbons (Fsp3) is 1.00. The maximum absolute atomic E-state index is 10.3. The summed E-state index contributed by atoms with van der Waals surface area (Å²) in [5.74, 6) is 0. The summed E-state index contributed by atoms with van der Waals surface area (Å²) < 4.78 is 19.0. The quantitative estimate of drug-likeness (QED) is 0.324. The highest BCUT2D eigenvalue weighted by molar-refractivity contribution is 7.33. The van der Waals surface area contributed by atoms with E-state index < -0.39 is 8.25 Å². The molecule has 0 aliphatic carbocycles. The van der Waals surface area contributed by atoms with Crippen LogP contribution < -0.4 is 11.2 Å². The third-order valence-corrected chi connectivity index (χ3v) is 1.11. The Labute approximate surface area is 54.4 Å². The predicted molar refractivity (Wildman–Crippen MR) is 32.8 cm³/mol. The smallest absolute Gasteiger partial charge is 0.329 e. The lowest BCUT2D eigenvalue weighted by atomic mass is 10.7. The number of hydrogen-bond donors (Lipinski definition) is 2. The van der Waals surface area contributed by atoms with E-state index in [0.717, 1.165) is 0 Å². The molecule has 0 aromatic rings. The molecule has 1 unspecified atom stereocenters. The van der Waals surface area contributed by atoms with Gasteiger partial charge in [-0.3, -0.25) is 0 Å². The van der Waals surface area contributed by atoms with Gasteiger partial charge in [-0.05, 0) is 4.62 Å². The highest BCUT2D eigenvalue weighted by Crippen LogP contribution is 2.18. The van der Waals surface area contributed by atoms with Crippen LogP contribution >= 0.6 is 8.25 Å². The van der Waals surface area contributed by atoms with E-state index in [9.17, 15) is 4.57 Å². The second-order valence-electron chi connectivity index (χ2n) is 1.18. The van der Waals surface area contributed by atoms with Gasteiger partial charge in [0, 0.05) is 17.7 Å². The van der Waals surface area contributed by atoms with Gasteiger partial charge < -0.3 is 5.73 Å². The van der Waals surface area contributed by atoms with Gasteiger partial charge in [0.15, 0.2) is 0 Å². The van der Waals surface area contributed by atoms with E-state index in [1.807, 2.05) is 0 Å². The molecule has 0 aromatic carbocycles. The van der Waals surface area contributed by atoms with E-state index in [-0.39, 0.29) is 0 Å². The van der Waals surface area contributed by atoms with E-state index in [1.54, 1.807) is 0 Å². The van der Waals surface area contributed by atoms with Crippen LogP contribution in [0.4, 0.5) is 0 Å². The summed E-state index contributed by atoms with van der Waals surface area (Å²) >= 11 is 0. The van der Waals surface area contributed by atoms with E-state index in [2.05, 4.69) is 14.6 Å². The Morgan fingerprint density at radius 3 is 2.89 bits per heavy atom. The first-order valence-corrected chi connectivity index (χ1v) is 3.52. The lowest BCUT2D eigenvalue weighted by molar-refractivity contribution is 0.173. The molecule has 3 N–H and O–H groups in total. The fourth-order valence-corrected chi connectivity index (χ4v) is 0.466. The second kappa shape index (κ2) is 6.07. The summed E-state index contributed by atoms with van der Waals surface area (Å²) in [7, 11) is -0.712. The van der Waals surface area contributed by atoms with Crippen LogP contribution in [0.2, 0.25) is 0 Å². The van der Waals surface area contributed by atoms with Crippen molar-refractivity contribution in [2.45, 2.75) is 0 Å². The van der Waals surface area contributed by atoms with Crippen molar-refractivity contribution in [3.8, 4) is 0 Å². The van der Waals surface area contributed by atoms with Gasteiger partial charge in [-0.25, -0.2) is 0 Å². The van der Waals surface area contributed by atoms with Crippen molar-refractivity contribution in [3.63, 3.8) is 0 Å². The molecule has 5 nitrogen and oxygen atoms in total. The number of hydrogen-bond acceptors (Lipinski definition) is 5. The molecule has 1 atom stereocenters. The summed E-state index contributed by atoms with van der Waals surface area (Å²) in [5.41, 5.74) is 7.43. The van der Waals surface area contributed by atoms with Crippen LogP contribution in [0.15, 0.2) is 0 Å². The molecule has 0 heterocycles. The lowest BCUT2D eigenvalue weighted by Gasteiger charge is -1.88. The third kappa shape index (κ3) is 5.82. The minimum Gasteiger partial charge on any atom is -0.329 e. The standard InChI is InChI=1S/C3H10N2O3P/c1-7-9(6)8-5-3-2-4/h5H,2-4H2,1H3/q+1. The molecule has 54 valence electrons. The van der Waals surface area contributed by atoms with Crippen LogP contribution in [0, 0.1) is 0 Å². The minimum absolute atomic E-state index is 0.437. The van der Waals surface area contributed by atoms with Crippen molar-refractivity contribution in [2.24, 2.45) is 5.73 Å². The molecular formula is C3H10N2O3P+. The number of hydroxylamine groups is 1. The van der Waals surface area contributed by atoms with Crippen molar-refractivity contribution < 1.29 is 13.7 Å². The first kappa shape index (κ1) is 8.94. The summed E-state index contributed by atoms with van der Waals surface area (Å²) in [6, 6.07) is 0. The van der Waals surface area contributed by atoms with Crippen molar-refractivity contribution in [1.82, 2.24) is 5.48 Å². The predicted octanol–water partition coefficient (Wildman–Crippen LogP) is -0.230. The zero-order valence-corrected chi connectivity index (χ0v) is 6.06. The van der Waals surface area contributed by atoms with Crippen LogP contribution in [0.3, 0.4) is 0 Å². The Bertz CT molecular complexity index is 89.1. The first-order chi connectivity index (χ1) is 4.31. The van der Waals surface area contributed by atoms with Crippen molar-refractivity contribution in [3.05, 3.63) is 0 Å². The molecule has 0 saturated carbocycles. The van der Waals surface area contributed by atoms with Gasteiger partial charge in [0.25, 0.3) is 0 Å². The van der Waals surface area contributed by atoms with E-state index >= 15 is 0 Å². The van der Waals surface area contributed by atoms with Gasteiger partial charge in [0.05, 0.1) is 7.11 Å². The van der Waals surface area contributed by atoms with Crippen molar-refractivity contribution >= 4 is 8.25 Å².